The lowest BCUT2D eigenvalue weighted by atomic mass is 10.1. The number of rotatable bonds is 4. The van der Waals surface area contributed by atoms with Crippen molar-refractivity contribution in [2.45, 2.75) is 12.5 Å². The van der Waals surface area contributed by atoms with Gasteiger partial charge in [0.25, 0.3) is 0 Å². The van der Waals surface area contributed by atoms with Crippen molar-refractivity contribution >= 4 is 5.91 Å². The van der Waals surface area contributed by atoms with Crippen molar-refractivity contribution in [3.63, 3.8) is 0 Å². The van der Waals surface area contributed by atoms with Gasteiger partial charge < -0.3 is 16.2 Å². The lowest BCUT2D eigenvalue weighted by molar-refractivity contribution is -0.123. The number of para-hydroxylation sites is 1. The molecule has 0 bridgehead atoms. The highest BCUT2D eigenvalue weighted by atomic mass is 19.1. The molecular weight excluding hydrogens is 218 g/mol. The number of halogens is 2. The van der Waals surface area contributed by atoms with Crippen LogP contribution in [-0.2, 0) is 4.79 Å². The molecule has 1 atom stereocenters. The first-order chi connectivity index (χ1) is 7.34. The molecule has 1 aromatic carbocycles. The van der Waals surface area contributed by atoms with Gasteiger partial charge in [0.15, 0.2) is 17.4 Å². The molecular formula is C10H12F2N2O2. The van der Waals surface area contributed by atoms with Crippen molar-refractivity contribution in [3.05, 3.63) is 29.8 Å². The number of nitrogens with two attached hydrogens (primary N) is 2. The zero-order chi connectivity index (χ0) is 12.3. The Morgan fingerprint density at radius 1 is 1.44 bits per heavy atom. The third-order valence-electron chi connectivity index (χ3n) is 2.00. The van der Waals surface area contributed by atoms with E-state index in [0.29, 0.717) is 0 Å². The largest absolute Gasteiger partial charge is 0.485 e. The van der Waals surface area contributed by atoms with E-state index < -0.39 is 35.4 Å². The summed E-state index contributed by atoms with van der Waals surface area (Å²) in [5.41, 5.74) is 8.96. The van der Waals surface area contributed by atoms with Gasteiger partial charge in [-0.05, 0) is 19.1 Å². The summed E-state index contributed by atoms with van der Waals surface area (Å²) in [5.74, 6) is -3.11. The van der Waals surface area contributed by atoms with E-state index in [1.54, 1.807) is 0 Å². The van der Waals surface area contributed by atoms with Crippen LogP contribution in [0.25, 0.3) is 0 Å². The molecule has 88 valence electrons. The first-order valence-electron chi connectivity index (χ1n) is 4.50. The minimum Gasteiger partial charge on any atom is -0.485 e. The normalized spacial score (nSPS) is 14.2. The fraction of sp³-hybridized carbons (Fsp3) is 0.300. The Kier molecular flexibility index (Phi) is 3.44. The standard InChI is InChI=1S/C10H12F2N2O2/c1-10(14,9(13)15)5-16-8-6(11)3-2-4-7(8)12/h2-4H,5,14H2,1H3,(H2,13,15). The van der Waals surface area contributed by atoms with Gasteiger partial charge in [0.05, 0.1) is 0 Å². The average molecular weight is 230 g/mol. The molecule has 0 aromatic heterocycles. The second kappa shape index (κ2) is 4.44. The number of carbonyl (C=O) groups is 1. The summed E-state index contributed by atoms with van der Waals surface area (Å²) in [7, 11) is 0. The van der Waals surface area contributed by atoms with E-state index in [1.165, 1.54) is 13.0 Å². The molecule has 0 heterocycles. The molecule has 1 aromatic rings. The maximum Gasteiger partial charge on any atom is 0.240 e. The predicted molar refractivity (Wildman–Crippen MR) is 53.6 cm³/mol. The molecule has 1 rings (SSSR count). The highest BCUT2D eigenvalue weighted by Crippen LogP contribution is 2.21. The fourth-order valence-electron chi connectivity index (χ4n) is 0.914. The average Bonchev–Trinajstić information content (AvgIpc) is 2.16. The summed E-state index contributed by atoms with van der Waals surface area (Å²) in [5, 5.41) is 0. The van der Waals surface area contributed by atoms with Crippen LogP contribution in [0.4, 0.5) is 8.78 Å². The zero-order valence-electron chi connectivity index (χ0n) is 8.67. The minimum absolute atomic E-state index is 0.403. The fourth-order valence-corrected chi connectivity index (χ4v) is 0.914. The monoisotopic (exact) mass is 230 g/mol. The molecule has 0 saturated heterocycles. The van der Waals surface area contributed by atoms with Gasteiger partial charge in [0.2, 0.25) is 5.91 Å². The van der Waals surface area contributed by atoms with Crippen LogP contribution in [0.2, 0.25) is 0 Å². The molecule has 1 unspecified atom stereocenters. The second-order valence-electron chi connectivity index (χ2n) is 3.62. The van der Waals surface area contributed by atoms with Crippen LogP contribution < -0.4 is 16.2 Å². The molecule has 1 amide bonds. The van der Waals surface area contributed by atoms with Crippen molar-refractivity contribution in [2.24, 2.45) is 11.5 Å². The van der Waals surface area contributed by atoms with Crippen LogP contribution >= 0.6 is 0 Å². The smallest absolute Gasteiger partial charge is 0.240 e. The summed E-state index contributed by atoms with van der Waals surface area (Å²) in [6.45, 7) is 0.911. The SMILES string of the molecule is CC(N)(COc1c(F)cccc1F)C(N)=O. The van der Waals surface area contributed by atoms with Crippen LogP contribution in [0, 0.1) is 11.6 Å². The summed E-state index contributed by atoms with van der Waals surface area (Å²) < 4.78 is 31.0. The van der Waals surface area contributed by atoms with Gasteiger partial charge >= 0.3 is 0 Å². The van der Waals surface area contributed by atoms with E-state index in [4.69, 9.17) is 16.2 Å². The number of hydrogen-bond acceptors (Lipinski definition) is 3. The predicted octanol–water partition coefficient (Wildman–Crippen LogP) is 0.546. The Labute approximate surface area is 91.2 Å². The molecule has 0 fully saturated rings. The van der Waals surface area contributed by atoms with Gasteiger partial charge in [0.1, 0.15) is 12.1 Å². The number of primary amides is 1. The second-order valence-corrected chi connectivity index (χ2v) is 3.62. The third-order valence-corrected chi connectivity index (χ3v) is 2.00. The number of hydrogen-bond donors (Lipinski definition) is 2. The Morgan fingerprint density at radius 3 is 2.38 bits per heavy atom. The van der Waals surface area contributed by atoms with Crippen LogP contribution in [0.3, 0.4) is 0 Å². The molecule has 0 aliphatic carbocycles. The minimum atomic E-state index is -1.48. The summed E-state index contributed by atoms with van der Waals surface area (Å²) >= 11 is 0. The van der Waals surface area contributed by atoms with E-state index in [1.807, 2.05) is 0 Å². The highest BCUT2D eigenvalue weighted by Gasteiger charge is 2.27. The van der Waals surface area contributed by atoms with Crippen LogP contribution in [0.5, 0.6) is 5.75 Å². The molecule has 0 radical (unpaired) electrons. The maximum absolute atomic E-state index is 13.1. The van der Waals surface area contributed by atoms with E-state index in [2.05, 4.69) is 0 Å². The Hall–Kier alpha value is -1.69. The Morgan fingerprint density at radius 2 is 1.94 bits per heavy atom. The molecule has 0 saturated carbocycles. The van der Waals surface area contributed by atoms with Gasteiger partial charge in [-0.2, -0.15) is 0 Å². The Balaban J connectivity index is 2.79. The van der Waals surface area contributed by atoms with Crippen LogP contribution in [-0.4, -0.2) is 18.1 Å². The van der Waals surface area contributed by atoms with Gasteiger partial charge in [0, 0.05) is 0 Å². The van der Waals surface area contributed by atoms with E-state index >= 15 is 0 Å². The van der Waals surface area contributed by atoms with E-state index in [9.17, 15) is 13.6 Å². The quantitative estimate of drug-likeness (QED) is 0.792. The third kappa shape index (κ3) is 2.66. The zero-order valence-corrected chi connectivity index (χ0v) is 8.67. The number of benzene rings is 1. The molecule has 4 N–H and O–H groups in total. The van der Waals surface area contributed by atoms with Crippen molar-refractivity contribution in [1.82, 2.24) is 0 Å². The lowest BCUT2D eigenvalue weighted by Gasteiger charge is -2.20. The molecule has 4 nitrogen and oxygen atoms in total. The molecule has 0 spiro atoms. The van der Waals surface area contributed by atoms with Gasteiger partial charge in [-0.1, -0.05) is 6.07 Å². The molecule has 16 heavy (non-hydrogen) atoms. The maximum atomic E-state index is 13.1. The van der Waals surface area contributed by atoms with Crippen LogP contribution in [0.1, 0.15) is 6.92 Å². The summed E-state index contributed by atoms with van der Waals surface area (Å²) in [6, 6.07) is 3.28. The first kappa shape index (κ1) is 12.4. The topological polar surface area (TPSA) is 78.3 Å². The van der Waals surface area contributed by atoms with Crippen molar-refractivity contribution in [1.29, 1.82) is 0 Å². The molecule has 0 aliphatic rings. The van der Waals surface area contributed by atoms with Crippen molar-refractivity contribution in [3.8, 4) is 5.75 Å². The molecule has 6 heteroatoms. The first-order valence-corrected chi connectivity index (χ1v) is 4.50. The Bertz CT molecular complexity index is 388. The summed E-state index contributed by atoms with van der Waals surface area (Å²) in [4.78, 5) is 10.8. The number of ether oxygens (including phenoxy) is 1. The van der Waals surface area contributed by atoms with Gasteiger partial charge in [-0.25, -0.2) is 8.78 Å². The van der Waals surface area contributed by atoms with Gasteiger partial charge in [-0.3, -0.25) is 4.79 Å². The number of carbonyl (C=O) groups excluding carboxylic acids is 1. The van der Waals surface area contributed by atoms with Crippen LogP contribution in [0.15, 0.2) is 18.2 Å². The van der Waals surface area contributed by atoms with E-state index in [-0.39, 0.29) is 0 Å². The number of amides is 1. The van der Waals surface area contributed by atoms with Crippen molar-refractivity contribution < 1.29 is 18.3 Å². The van der Waals surface area contributed by atoms with Crippen molar-refractivity contribution in [2.75, 3.05) is 6.61 Å². The summed E-state index contributed by atoms with van der Waals surface area (Å²) in [6.07, 6.45) is 0. The van der Waals surface area contributed by atoms with Gasteiger partial charge in [-0.15, -0.1) is 0 Å². The van der Waals surface area contributed by atoms with E-state index in [0.717, 1.165) is 12.1 Å². The molecule has 0 aliphatic heterocycles. The highest BCUT2D eigenvalue weighted by molar-refractivity contribution is 5.84. The lowest BCUT2D eigenvalue weighted by Crippen LogP contribution is -2.53.